The van der Waals surface area contributed by atoms with Crippen molar-refractivity contribution in [3.8, 4) is 0 Å². The lowest BCUT2D eigenvalue weighted by molar-refractivity contribution is -0.108. The Morgan fingerprint density at radius 1 is 1.38 bits per heavy atom. The molecule has 0 radical (unpaired) electrons. The Hall–Kier alpha value is -0.0400. The van der Waals surface area contributed by atoms with E-state index in [1.807, 2.05) is 0 Å². The van der Waals surface area contributed by atoms with Crippen LogP contribution in [0.15, 0.2) is 0 Å². The van der Waals surface area contributed by atoms with Crippen LogP contribution in [-0.4, -0.2) is 10.7 Å². The highest BCUT2D eigenvalue weighted by Gasteiger charge is 2.45. The van der Waals surface area contributed by atoms with Crippen LogP contribution in [0.2, 0.25) is 0 Å². The Labute approximate surface area is 49.7 Å². The molecule has 0 heterocycles. The van der Waals surface area contributed by atoms with Gasteiger partial charge < -0.3 is 5.11 Å². The molecule has 3 aliphatic rings. The molecule has 0 aliphatic heterocycles. The Kier molecular flexibility index (Phi) is 0.762. The predicted molar refractivity (Wildman–Crippen MR) is 31.5 cm³/mol. The van der Waals surface area contributed by atoms with E-state index in [-0.39, 0.29) is 5.60 Å². The Balaban J connectivity index is 2.06. The SMILES string of the molecule is OC12CCCC(C1)C2. The molecule has 0 amide bonds. The zero-order valence-electron chi connectivity index (χ0n) is 5.06. The second-order valence-corrected chi connectivity index (χ2v) is 3.39. The van der Waals surface area contributed by atoms with E-state index in [2.05, 4.69) is 0 Å². The quantitative estimate of drug-likeness (QED) is 0.501. The summed E-state index contributed by atoms with van der Waals surface area (Å²) in [6.45, 7) is 0. The summed E-state index contributed by atoms with van der Waals surface area (Å²) in [7, 11) is 0. The number of hydrogen-bond acceptors (Lipinski definition) is 1. The molecule has 0 aromatic rings. The van der Waals surface area contributed by atoms with Crippen LogP contribution in [0, 0.1) is 5.92 Å². The number of hydrogen-bond donors (Lipinski definition) is 1. The first-order chi connectivity index (χ1) is 3.79. The molecule has 0 aromatic carbocycles. The molecule has 0 atom stereocenters. The van der Waals surface area contributed by atoms with Crippen LogP contribution in [0.25, 0.3) is 0 Å². The van der Waals surface area contributed by atoms with Gasteiger partial charge in [0.1, 0.15) is 0 Å². The number of aliphatic hydroxyl groups is 1. The summed E-state index contributed by atoms with van der Waals surface area (Å²) in [5.74, 6) is 0.897. The average Bonchev–Trinajstić information content (AvgIpc) is 1.63. The summed E-state index contributed by atoms with van der Waals surface area (Å²) in [6, 6.07) is 0. The molecule has 1 nitrogen and oxygen atoms in total. The molecule has 0 saturated heterocycles. The number of rotatable bonds is 0. The third-order valence-electron chi connectivity index (χ3n) is 2.59. The molecule has 3 aliphatic carbocycles. The average molecular weight is 112 g/mol. The molecule has 1 N–H and O–H groups in total. The van der Waals surface area contributed by atoms with Crippen molar-refractivity contribution in [1.29, 1.82) is 0 Å². The molecule has 0 aromatic heterocycles. The summed E-state index contributed by atoms with van der Waals surface area (Å²) >= 11 is 0. The molecule has 1 heteroatoms. The fraction of sp³-hybridized carbons (Fsp3) is 1.00. The Bertz CT molecular complexity index is 97.4. The van der Waals surface area contributed by atoms with Crippen molar-refractivity contribution >= 4 is 0 Å². The number of fused-ring (bicyclic) bond motifs is 2. The fourth-order valence-electron chi connectivity index (χ4n) is 2.14. The van der Waals surface area contributed by atoms with Crippen LogP contribution in [0.4, 0.5) is 0 Å². The van der Waals surface area contributed by atoms with Crippen LogP contribution in [0.5, 0.6) is 0 Å². The van der Waals surface area contributed by atoms with E-state index in [1.54, 1.807) is 0 Å². The van der Waals surface area contributed by atoms with Crippen molar-refractivity contribution in [3.63, 3.8) is 0 Å². The lowest BCUT2D eigenvalue weighted by Gasteiger charge is -2.48. The topological polar surface area (TPSA) is 20.2 Å². The van der Waals surface area contributed by atoms with Gasteiger partial charge in [0.25, 0.3) is 0 Å². The molecule has 0 unspecified atom stereocenters. The van der Waals surface area contributed by atoms with Gasteiger partial charge in [0.15, 0.2) is 0 Å². The molecule has 3 saturated carbocycles. The first-order valence-corrected chi connectivity index (χ1v) is 3.51. The van der Waals surface area contributed by atoms with Gasteiger partial charge in [0.2, 0.25) is 0 Å². The van der Waals surface area contributed by atoms with Crippen molar-refractivity contribution in [2.75, 3.05) is 0 Å². The second kappa shape index (κ2) is 1.27. The summed E-state index contributed by atoms with van der Waals surface area (Å²) in [5, 5.41) is 9.44. The Morgan fingerprint density at radius 3 is 2.38 bits per heavy atom. The molecule has 2 bridgehead atoms. The maximum atomic E-state index is 9.44. The lowest BCUT2D eigenvalue weighted by Crippen LogP contribution is -2.47. The van der Waals surface area contributed by atoms with Crippen molar-refractivity contribution in [3.05, 3.63) is 0 Å². The maximum absolute atomic E-state index is 9.44. The van der Waals surface area contributed by atoms with Crippen LogP contribution < -0.4 is 0 Å². The van der Waals surface area contributed by atoms with E-state index in [0.717, 1.165) is 25.2 Å². The van der Waals surface area contributed by atoms with E-state index in [4.69, 9.17) is 0 Å². The van der Waals surface area contributed by atoms with Crippen molar-refractivity contribution < 1.29 is 5.11 Å². The lowest BCUT2D eigenvalue weighted by atomic mass is 9.62. The van der Waals surface area contributed by atoms with Crippen molar-refractivity contribution in [1.82, 2.24) is 0 Å². The largest absolute Gasteiger partial charge is 0.390 e. The van der Waals surface area contributed by atoms with Crippen LogP contribution in [0.1, 0.15) is 32.1 Å². The van der Waals surface area contributed by atoms with Gasteiger partial charge in [0.05, 0.1) is 5.60 Å². The predicted octanol–water partition coefficient (Wildman–Crippen LogP) is 1.31. The highest BCUT2D eigenvalue weighted by molar-refractivity contribution is 4.97. The normalized spacial score (nSPS) is 52.9. The highest BCUT2D eigenvalue weighted by atomic mass is 16.3. The van der Waals surface area contributed by atoms with E-state index in [0.29, 0.717) is 0 Å². The minimum Gasteiger partial charge on any atom is -0.390 e. The monoisotopic (exact) mass is 112 g/mol. The van der Waals surface area contributed by atoms with Gasteiger partial charge in [0, 0.05) is 0 Å². The zero-order valence-corrected chi connectivity index (χ0v) is 5.06. The molecule has 8 heavy (non-hydrogen) atoms. The van der Waals surface area contributed by atoms with E-state index < -0.39 is 0 Å². The van der Waals surface area contributed by atoms with E-state index in [9.17, 15) is 5.11 Å². The zero-order chi connectivity index (χ0) is 5.61. The third-order valence-corrected chi connectivity index (χ3v) is 2.59. The van der Waals surface area contributed by atoms with Crippen LogP contribution in [0.3, 0.4) is 0 Å². The maximum Gasteiger partial charge on any atom is 0.0653 e. The standard InChI is InChI=1S/C7H12O/c8-7-3-1-2-6(4-7)5-7/h6,8H,1-5H2. The summed E-state index contributed by atoms with van der Waals surface area (Å²) in [4.78, 5) is 0. The first-order valence-electron chi connectivity index (χ1n) is 3.51. The van der Waals surface area contributed by atoms with Gasteiger partial charge in [-0.15, -0.1) is 0 Å². The molecular weight excluding hydrogens is 100 g/mol. The molecule has 46 valence electrons. The van der Waals surface area contributed by atoms with Gasteiger partial charge in [-0.25, -0.2) is 0 Å². The minimum atomic E-state index is -0.178. The van der Waals surface area contributed by atoms with Crippen molar-refractivity contribution in [2.45, 2.75) is 37.7 Å². The van der Waals surface area contributed by atoms with Crippen LogP contribution in [-0.2, 0) is 0 Å². The summed E-state index contributed by atoms with van der Waals surface area (Å²) < 4.78 is 0. The van der Waals surface area contributed by atoms with Gasteiger partial charge in [-0.1, -0.05) is 12.8 Å². The second-order valence-electron chi connectivity index (χ2n) is 3.39. The van der Waals surface area contributed by atoms with Gasteiger partial charge in [-0.05, 0) is 25.2 Å². The summed E-state index contributed by atoms with van der Waals surface area (Å²) in [5.41, 5.74) is -0.178. The van der Waals surface area contributed by atoms with Gasteiger partial charge in [-0.3, -0.25) is 0 Å². The first kappa shape index (κ1) is 4.80. The molecule has 3 fully saturated rings. The minimum absolute atomic E-state index is 0.178. The molecule has 0 spiro atoms. The van der Waals surface area contributed by atoms with Gasteiger partial charge >= 0.3 is 0 Å². The van der Waals surface area contributed by atoms with Gasteiger partial charge in [-0.2, -0.15) is 0 Å². The molecular formula is C7H12O. The third kappa shape index (κ3) is 0.510. The molecule has 3 rings (SSSR count). The highest BCUT2D eigenvalue weighted by Crippen LogP contribution is 2.48. The van der Waals surface area contributed by atoms with E-state index >= 15 is 0 Å². The van der Waals surface area contributed by atoms with Crippen molar-refractivity contribution in [2.24, 2.45) is 5.92 Å². The fourth-order valence-corrected chi connectivity index (χ4v) is 2.14. The van der Waals surface area contributed by atoms with E-state index in [1.165, 1.54) is 12.8 Å². The summed E-state index contributed by atoms with van der Waals surface area (Å²) in [6.07, 6.45) is 5.92. The smallest absolute Gasteiger partial charge is 0.0653 e. The van der Waals surface area contributed by atoms with Crippen LogP contribution >= 0.6 is 0 Å². The Morgan fingerprint density at radius 2 is 2.12 bits per heavy atom.